The van der Waals surface area contributed by atoms with Gasteiger partial charge in [-0.3, -0.25) is 9.59 Å². The number of para-hydroxylation sites is 1. The number of aliphatic carboxylic acids is 1. The minimum atomic E-state index is -1.29. The molecule has 1 aliphatic heterocycles. The molecule has 7 heteroatoms. The van der Waals surface area contributed by atoms with E-state index in [0.717, 1.165) is 11.3 Å². The zero-order valence-corrected chi connectivity index (χ0v) is 11.3. The number of carboxylic acids is 1. The Kier molecular flexibility index (Phi) is 4.42. The molecule has 0 spiro atoms. The second-order valence-electron chi connectivity index (χ2n) is 4.93. The van der Waals surface area contributed by atoms with Crippen LogP contribution in [0.4, 0.5) is 5.69 Å². The summed E-state index contributed by atoms with van der Waals surface area (Å²) < 4.78 is 0. The van der Waals surface area contributed by atoms with Gasteiger partial charge in [-0.15, -0.1) is 0 Å². The molecule has 0 radical (unpaired) electrons. The Morgan fingerprint density at radius 3 is 2.76 bits per heavy atom. The Morgan fingerprint density at radius 1 is 1.38 bits per heavy atom. The summed E-state index contributed by atoms with van der Waals surface area (Å²) in [6, 6.07) is 6.09. The molecule has 5 N–H and O–H groups in total. The van der Waals surface area contributed by atoms with E-state index in [9.17, 15) is 14.4 Å². The van der Waals surface area contributed by atoms with E-state index in [1.165, 1.54) is 0 Å². The predicted molar refractivity (Wildman–Crippen MR) is 75.7 cm³/mol. The minimum absolute atomic E-state index is 0.405. The molecule has 2 amide bonds. The summed E-state index contributed by atoms with van der Waals surface area (Å²) in [7, 11) is 0. The van der Waals surface area contributed by atoms with Crippen LogP contribution in [0, 0.1) is 0 Å². The number of carbonyl (C=O) groups excluding carboxylic acids is 2. The second-order valence-corrected chi connectivity index (χ2v) is 4.93. The van der Waals surface area contributed by atoms with Crippen molar-refractivity contribution in [1.29, 1.82) is 0 Å². The van der Waals surface area contributed by atoms with E-state index in [-0.39, 0.29) is 0 Å². The van der Waals surface area contributed by atoms with Crippen LogP contribution in [0.1, 0.15) is 24.3 Å². The lowest BCUT2D eigenvalue weighted by Gasteiger charge is -2.26. The molecule has 0 aliphatic carbocycles. The van der Waals surface area contributed by atoms with Crippen LogP contribution in [-0.2, 0) is 14.4 Å². The third-order valence-electron chi connectivity index (χ3n) is 3.42. The number of fused-ring (bicyclic) bond motifs is 1. The maximum atomic E-state index is 12.3. The SMILES string of the molecule is NC(=O)C[C@H](NC(=O)C1CCNc2ccccc21)C(=O)O. The molecule has 2 rings (SSSR count). The normalized spacial score (nSPS) is 18.0. The van der Waals surface area contributed by atoms with Crippen molar-refractivity contribution in [3.8, 4) is 0 Å². The van der Waals surface area contributed by atoms with Gasteiger partial charge in [0.1, 0.15) is 6.04 Å². The highest BCUT2D eigenvalue weighted by Crippen LogP contribution is 2.31. The number of primary amides is 1. The Hall–Kier alpha value is -2.57. The number of nitrogens with two attached hydrogens (primary N) is 1. The fourth-order valence-corrected chi connectivity index (χ4v) is 2.41. The maximum absolute atomic E-state index is 12.3. The highest BCUT2D eigenvalue weighted by molar-refractivity contribution is 5.92. The van der Waals surface area contributed by atoms with Crippen LogP contribution in [0.15, 0.2) is 24.3 Å². The molecule has 0 saturated carbocycles. The van der Waals surface area contributed by atoms with Crippen LogP contribution < -0.4 is 16.4 Å². The molecule has 1 aromatic rings. The number of amides is 2. The molecule has 1 heterocycles. The Balaban J connectivity index is 2.13. The van der Waals surface area contributed by atoms with Gasteiger partial charge in [-0.2, -0.15) is 0 Å². The number of hydrogen-bond acceptors (Lipinski definition) is 4. The van der Waals surface area contributed by atoms with Gasteiger partial charge in [-0.05, 0) is 18.1 Å². The molecule has 1 aromatic carbocycles. The van der Waals surface area contributed by atoms with Crippen molar-refractivity contribution in [2.24, 2.45) is 5.73 Å². The van der Waals surface area contributed by atoms with E-state index in [0.29, 0.717) is 13.0 Å². The second kappa shape index (κ2) is 6.25. The van der Waals surface area contributed by atoms with E-state index >= 15 is 0 Å². The summed E-state index contributed by atoms with van der Waals surface area (Å²) in [6.07, 6.45) is 0.138. The lowest BCUT2D eigenvalue weighted by atomic mass is 9.90. The molecule has 7 nitrogen and oxygen atoms in total. The van der Waals surface area contributed by atoms with Crippen molar-refractivity contribution in [1.82, 2.24) is 5.32 Å². The monoisotopic (exact) mass is 291 g/mol. The van der Waals surface area contributed by atoms with Crippen LogP contribution in [0.5, 0.6) is 0 Å². The summed E-state index contributed by atoms with van der Waals surface area (Å²) in [5.74, 6) is -2.88. The molecule has 2 atom stereocenters. The summed E-state index contributed by atoms with van der Waals surface area (Å²) >= 11 is 0. The summed E-state index contributed by atoms with van der Waals surface area (Å²) in [4.78, 5) is 34.2. The van der Waals surface area contributed by atoms with Gasteiger partial charge in [0.05, 0.1) is 12.3 Å². The molecule has 112 valence electrons. The number of nitrogens with one attached hydrogen (secondary N) is 2. The van der Waals surface area contributed by atoms with Gasteiger partial charge in [-0.25, -0.2) is 4.79 Å². The third kappa shape index (κ3) is 3.50. The number of anilines is 1. The molecule has 1 aliphatic rings. The van der Waals surface area contributed by atoms with Crippen molar-refractivity contribution in [3.05, 3.63) is 29.8 Å². The Morgan fingerprint density at radius 2 is 2.10 bits per heavy atom. The minimum Gasteiger partial charge on any atom is -0.480 e. The molecule has 21 heavy (non-hydrogen) atoms. The summed E-state index contributed by atoms with van der Waals surface area (Å²) in [5, 5.41) is 14.6. The standard InChI is InChI=1S/C14H17N3O4/c15-12(18)7-11(14(20)21)17-13(19)9-5-6-16-10-4-2-1-3-8(9)10/h1-4,9,11,16H,5-7H2,(H2,15,18)(H,17,19)(H,20,21)/t9?,11-/m0/s1. The lowest BCUT2D eigenvalue weighted by Crippen LogP contribution is -2.45. The van der Waals surface area contributed by atoms with Crippen molar-refractivity contribution >= 4 is 23.5 Å². The molecule has 0 aromatic heterocycles. The quantitative estimate of drug-likeness (QED) is 0.610. The van der Waals surface area contributed by atoms with Gasteiger partial charge < -0.3 is 21.5 Å². The molecule has 0 saturated heterocycles. The fourth-order valence-electron chi connectivity index (χ4n) is 2.41. The van der Waals surface area contributed by atoms with Crippen LogP contribution in [0.25, 0.3) is 0 Å². The Labute approximate surface area is 121 Å². The number of carbonyl (C=O) groups is 3. The Bertz CT molecular complexity index is 573. The largest absolute Gasteiger partial charge is 0.480 e. The lowest BCUT2D eigenvalue weighted by molar-refractivity contribution is -0.143. The molecule has 0 fully saturated rings. The molecular weight excluding hydrogens is 274 g/mol. The average Bonchev–Trinajstić information content (AvgIpc) is 2.45. The highest BCUT2D eigenvalue weighted by atomic mass is 16.4. The van der Waals surface area contributed by atoms with Crippen molar-refractivity contribution in [2.45, 2.75) is 24.8 Å². The molecule has 0 bridgehead atoms. The maximum Gasteiger partial charge on any atom is 0.326 e. The van der Waals surface area contributed by atoms with Gasteiger partial charge >= 0.3 is 5.97 Å². The first-order valence-electron chi connectivity index (χ1n) is 6.63. The van der Waals surface area contributed by atoms with Gasteiger partial charge in [0, 0.05) is 12.2 Å². The van der Waals surface area contributed by atoms with E-state index in [4.69, 9.17) is 10.8 Å². The fraction of sp³-hybridized carbons (Fsp3) is 0.357. The van der Waals surface area contributed by atoms with Gasteiger partial charge in [0.2, 0.25) is 11.8 Å². The van der Waals surface area contributed by atoms with Crippen molar-refractivity contribution in [2.75, 3.05) is 11.9 Å². The van der Waals surface area contributed by atoms with Crippen LogP contribution >= 0.6 is 0 Å². The van der Waals surface area contributed by atoms with Crippen LogP contribution in [0.2, 0.25) is 0 Å². The number of hydrogen-bond donors (Lipinski definition) is 4. The van der Waals surface area contributed by atoms with Crippen molar-refractivity contribution < 1.29 is 19.5 Å². The summed E-state index contributed by atoms with van der Waals surface area (Å²) in [6.45, 7) is 0.628. The van der Waals surface area contributed by atoms with E-state index in [2.05, 4.69) is 10.6 Å². The number of rotatable bonds is 5. The molecule has 1 unspecified atom stereocenters. The van der Waals surface area contributed by atoms with Gasteiger partial charge in [-0.1, -0.05) is 18.2 Å². The smallest absolute Gasteiger partial charge is 0.326 e. The zero-order valence-electron chi connectivity index (χ0n) is 11.3. The average molecular weight is 291 g/mol. The van der Waals surface area contributed by atoms with E-state index in [1.807, 2.05) is 24.3 Å². The highest BCUT2D eigenvalue weighted by Gasteiger charge is 2.30. The topological polar surface area (TPSA) is 122 Å². The third-order valence-corrected chi connectivity index (χ3v) is 3.42. The van der Waals surface area contributed by atoms with Crippen LogP contribution in [0.3, 0.4) is 0 Å². The number of benzene rings is 1. The number of carboxylic acid groups (broad SMARTS) is 1. The predicted octanol–water partition coefficient (Wildman–Crippen LogP) is 0.0306. The van der Waals surface area contributed by atoms with Crippen LogP contribution in [-0.4, -0.2) is 35.5 Å². The van der Waals surface area contributed by atoms with E-state index in [1.54, 1.807) is 0 Å². The first-order chi connectivity index (χ1) is 9.99. The van der Waals surface area contributed by atoms with Gasteiger partial charge in [0.25, 0.3) is 0 Å². The first kappa shape index (κ1) is 14.8. The zero-order chi connectivity index (χ0) is 15.4. The molecular formula is C14H17N3O4. The first-order valence-corrected chi connectivity index (χ1v) is 6.63. The van der Waals surface area contributed by atoms with Gasteiger partial charge in [0.15, 0.2) is 0 Å². The summed E-state index contributed by atoms with van der Waals surface area (Å²) in [5.41, 5.74) is 6.69. The van der Waals surface area contributed by atoms with Crippen molar-refractivity contribution in [3.63, 3.8) is 0 Å². The van der Waals surface area contributed by atoms with E-state index < -0.39 is 36.2 Å².